The molecule has 1 aromatic heterocycles. The Kier molecular flexibility index (Phi) is 5.98. The Morgan fingerprint density at radius 2 is 1.29 bits per heavy atom. The van der Waals surface area contributed by atoms with E-state index in [0.717, 1.165) is 11.1 Å². The van der Waals surface area contributed by atoms with E-state index in [9.17, 15) is 0 Å². The lowest BCUT2D eigenvalue weighted by Gasteiger charge is -2.32. The molecule has 0 spiro atoms. The first-order chi connectivity index (χ1) is 14.8. The lowest BCUT2D eigenvalue weighted by molar-refractivity contribution is 0.00578. The van der Waals surface area contributed by atoms with Gasteiger partial charge in [-0.2, -0.15) is 4.98 Å². The van der Waals surface area contributed by atoms with Gasteiger partial charge in [0.1, 0.15) is 13.2 Å². The normalized spacial score (nSPS) is 16.8. The van der Waals surface area contributed by atoms with Crippen LogP contribution < -0.4 is 14.9 Å². The van der Waals surface area contributed by atoms with Crippen LogP contribution in [0.2, 0.25) is 0 Å². The summed E-state index contributed by atoms with van der Waals surface area (Å²) in [6.07, 6.45) is 1.66. The van der Waals surface area contributed by atoms with Gasteiger partial charge in [0.15, 0.2) is 0 Å². The van der Waals surface area contributed by atoms with Crippen molar-refractivity contribution >= 4 is 12.6 Å². The number of hydrogen-bond acceptors (Lipinski definition) is 6. The molecule has 1 aliphatic heterocycles. The summed E-state index contributed by atoms with van der Waals surface area (Å²) in [4.78, 5) is 8.90. The Balaban J connectivity index is 1.57. The van der Waals surface area contributed by atoms with Crippen LogP contribution in [0.25, 0.3) is 0 Å². The van der Waals surface area contributed by atoms with Crippen LogP contribution in [-0.2, 0) is 22.5 Å². The van der Waals surface area contributed by atoms with E-state index >= 15 is 0 Å². The van der Waals surface area contributed by atoms with Gasteiger partial charge in [-0.3, -0.25) is 0 Å². The van der Waals surface area contributed by atoms with Crippen LogP contribution >= 0.6 is 0 Å². The molecule has 1 aliphatic rings. The maximum absolute atomic E-state index is 6.19. The maximum Gasteiger partial charge on any atom is 0.502 e. The Bertz CT molecular complexity index is 997. The molecule has 0 unspecified atom stereocenters. The summed E-state index contributed by atoms with van der Waals surface area (Å²) in [6.45, 7) is 8.77. The molecule has 0 amide bonds. The zero-order valence-electron chi connectivity index (χ0n) is 18.4. The van der Waals surface area contributed by atoms with Crippen LogP contribution in [0, 0.1) is 0 Å². The van der Waals surface area contributed by atoms with Crippen molar-refractivity contribution in [1.29, 1.82) is 0 Å². The molecule has 31 heavy (non-hydrogen) atoms. The van der Waals surface area contributed by atoms with E-state index in [-0.39, 0.29) is 6.01 Å². The van der Waals surface area contributed by atoms with Gasteiger partial charge in [0.25, 0.3) is 0 Å². The molecule has 1 fully saturated rings. The summed E-state index contributed by atoms with van der Waals surface area (Å²) in [5.41, 5.74) is 1.76. The van der Waals surface area contributed by atoms with Gasteiger partial charge in [0, 0.05) is 6.20 Å². The highest BCUT2D eigenvalue weighted by molar-refractivity contribution is 6.63. The standard InChI is InChI=1S/C24H27BN2O4/c1-23(2)24(3,4)31-25(30-23)20-15-26-22(29-17-19-13-9-6-10-14-19)27-21(20)28-16-18-11-7-5-8-12-18/h5-15H,16-17H2,1-4H3. The van der Waals surface area contributed by atoms with Gasteiger partial charge in [0.05, 0.1) is 16.7 Å². The van der Waals surface area contributed by atoms with E-state index in [4.69, 9.17) is 18.8 Å². The third-order valence-corrected chi connectivity index (χ3v) is 5.69. The molecule has 4 rings (SSSR count). The highest BCUT2D eigenvalue weighted by atomic mass is 16.7. The van der Waals surface area contributed by atoms with Crippen molar-refractivity contribution in [3.63, 3.8) is 0 Å². The topological polar surface area (TPSA) is 62.7 Å². The summed E-state index contributed by atoms with van der Waals surface area (Å²) in [7, 11) is -0.626. The minimum Gasteiger partial charge on any atom is -0.473 e. The van der Waals surface area contributed by atoms with E-state index in [0.29, 0.717) is 24.6 Å². The first-order valence-corrected chi connectivity index (χ1v) is 10.4. The monoisotopic (exact) mass is 418 g/mol. The van der Waals surface area contributed by atoms with Crippen molar-refractivity contribution in [2.24, 2.45) is 0 Å². The third kappa shape index (κ3) is 4.89. The van der Waals surface area contributed by atoms with E-state index in [2.05, 4.69) is 9.97 Å². The second-order valence-electron chi connectivity index (χ2n) is 8.55. The predicted molar refractivity (Wildman–Crippen MR) is 119 cm³/mol. The first kappa shape index (κ1) is 21.3. The zero-order chi connectivity index (χ0) is 21.9. The lowest BCUT2D eigenvalue weighted by Crippen LogP contribution is -2.41. The number of nitrogens with zero attached hydrogens (tertiary/aromatic N) is 2. The summed E-state index contributed by atoms with van der Waals surface area (Å²) >= 11 is 0. The molecule has 0 bridgehead atoms. The predicted octanol–water partition coefficient (Wildman–Crippen LogP) is 3.93. The summed E-state index contributed by atoms with van der Waals surface area (Å²) < 4.78 is 24.3. The molecule has 160 valence electrons. The molecule has 2 heterocycles. The van der Waals surface area contributed by atoms with Crippen molar-refractivity contribution in [3.8, 4) is 11.9 Å². The fourth-order valence-corrected chi connectivity index (χ4v) is 3.13. The van der Waals surface area contributed by atoms with Gasteiger partial charge >= 0.3 is 13.1 Å². The van der Waals surface area contributed by atoms with Crippen molar-refractivity contribution in [1.82, 2.24) is 9.97 Å². The Morgan fingerprint density at radius 1 is 0.774 bits per heavy atom. The average Bonchev–Trinajstić information content (AvgIpc) is 2.99. The van der Waals surface area contributed by atoms with Crippen molar-refractivity contribution in [2.75, 3.05) is 0 Å². The number of hydrogen-bond donors (Lipinski definition) is 0. The van der Waals surface area contributed by atoms with Gasteiger partial charge in [0.2, 0.25) is 5.88 Å². The minimum atomic E-state index is -0.626. The Labute approximate surface area is 183 Å². The fraction of sp³-hybridized carbons (Fsp3) is 0.333. The second-order valence-corrected chi connectivity index (χ2v) is 8.55. The van der Waals surface area contributed by atoms with Gasteiger partial charge in [-0.15, -0.1) is 0 Å². The molecule has 0 saturated carbocycles. The molecule has 1 saturated heterocycles. The molecular formula is C24H27BN2O4. The van der Waals surface area contributed by atoms with Gasteiger partial charge in [-0.05, 0) is 38.8 Å². The van der Waals surface area contributed by atoms with Crippen LogP contribution in [0.1, 0.15) is 38.8 Å². The maximum atomic E-state index is 6.19. The van der Waals surface area contributed by atoms with Crippen LogP contribution in [0.4, 0.5) is 0 Å². The van der Waals surface area contributed by atoms with E-state index < -0.39 is 18.3 Å². The zero-order valence-corrected chi connectivity index (χ0v) is 18.4. The second kappa shape index (κ2) is 8.69. The van der Waals surface area contributed by atoms with Gasteiger partial charge < -0.3 is 18.8 Å². The molecule has 0 aliphatic carbocycles. The van der Waals surface area contributed by atoms with Crippen LogP contribution in [0.5, 0.6) is 11.9 Å². The van der Waals surface area contributed by atoms with Crippen molar-refractivity contribution in [3.05, 3.63) is 78.0 Å². The minimum absolute atomic E-state index is 0.243. The molecular weight excluding hydrogens is 391 g/mol. The van der Waals surface area contributed by atoms with Crippen molar-refractivity contribution in [2.45, 2.75) is 52.1 Å². The average molecular weight is 418 g/mol. The largest absolute Gasteiger partial charge is 0.502 e. The molecule has 6 nitrogen and oxygen atoms in total. The van der Waals surface area contributed by atoms with Crippen LogP contribution in [0.3, 0.4) is 0 Å². The Morgan fingerprint density at radius 3 is 1.84 bits per heavy atom. The fourth-order valence-electron chi connectivity index (χ4n) is 3.13. The van der Waals surface area contributed by atoms with Gasteiger partial charge in [-0.25, -0.2) is 4.98 Å². The van der Waals surface area contributed by atoms with Gasteiger partial charge in [-0.1, -0.05) is 60.7 Å². The molecule has 0 N–H and O–H groups in total. The highest BCUT2D eigenvalue weighted by Gasteiger charge is 2.53. The lowest BCUT2D eigenvalue weighted by atomic mass is 9.81. The van der Waals surface area contributed by atoms with E-state index in [1.54, 1.807) is 6.20 Å². The van der Waals surface area contributed by atoms with E-state index in [1.165, 1.54) is 0 Å². The molecule has 3 aromatic rings. The first-order valence-electron chi connectivity index (χ1n) is 10.4. The number of aromatic nitrogens is 2. The number of ether oxygens (including phenoxy) is 2. The Hall–Kier alpha value is -2.90. The quantitative estimate of drug-likeness (QED) is 0.542. The highest BCUT2D eigenvalue weighted by Crippen LogP contribution is 2.37. The smallest absolute Gasteiger partial charge is 0.473 e. The molecule has 0 radical (unpaired) electrons. The van der Waals surface area contributed by atoms with Crippen molar-refractivity contribution < 1.29 is 18.8 Å². The summed E-state index contributed by atoms with van der Waals surface area (Å²) in [6, 6.07) is 20.1. The third-order valence-electron chi connectivity index (χ3n) is 5.69. The molecule has 0 atom stereocenters. The SMILES string of the molecule is CC1(C)OB(c2cnc(OCc3ccccc3)nc2OCc2ccccc2)OC1(C)C. The molecule has 2 aromatic carbocycles. The van der Waals surface area contributed by atoms with E-state index in [1.807, 2.05) is 88.4 Å². The number of benzene rings is 2. The summed E-state index contributed by atoms with van der Waals surface area (Å²) in [5, 5.41) is 0. The van der Waals surface area contributed by atoms with Crippen LogP contribution in [-0.4, -0.2) is 28.3 Å². The van der Waals surface area contributed by atoms with Crippen LogP contribution in [0.15, 0.2) is 66.9 Å². The summed E-state index contributed by atoms with van der Waals surface area (Å²) in [5.74, 6) is 0.389. The molecule has 7 heteroatoms. The number of rotatable bonds is 7.